The molecule has 2 atom stereocenters. The van der Waals surface area contributed by atoms with Crippen LogP contribution in [0.4, 0.5) is 0 Å². The molecule has 0 bridgehead atoms. The van der Waals surface area contributed by atoms with E-state index in [1.54, 1.807) is 0 Å². The largest absolute Gasteiger partial charge is 0.326 e. The summed E-state index contributed by atoms with van der Waals surface area (Å²) in [5.74, 6) is 0. The molecular formula is C9H22N4. The van der Waals surface area contributed by atoms with Gasteiger partial charge in [0, 0.05) is 12.1 Å². The van der Waals surface area contributed by atoms with Crippen molar-refractivity contribution in [3.63, 3.8) is 0 Å². The molecule has 2 unspecified atom stereocenters. The minimum atomic E-state index is 0.0484. The van der Waals surface area contributed by atoms with E-state index in [9.17, 15) is 0 Å². The molecule has 78 valence electrons. The molecule has 0 aromatic carbocycles. The smallest absolute Gasteiger partial charge is 0.0698 e. The highest BCUT2D eigenvalue weighted by Gasteiger charge is 2.36. The second-order valence-electron chi connectivity index (χ2n) is 3.88. The first-order valence-electron chi connectivity index (χ1n) is 4.98. The zero-order valence-corrected chi connectivity index (χ0v) is 8.85. The maximum Gasteiger partial charge on any atom is 0.0698 e. The van der Waals surface area contributed by atoms with Crippen LogP contribution in [0.25, 0.3) is 0 Å². The molecular weight excluding hydrogens is 164 g/mol. The highest BCUT2D eigenvalue weighted by Crippen LogP contribution is 2.24. The number of likely N-dealkylation sites (N-methyl/N-ethyl adjacent to an activating group) is 1. The van der Waals surface area contributed by atoms with Gasteiger partial charge in [-0.3, -0.25) is 0 Å². The van der Waals surface area contributed by atoms with E-state index < -0.39 is 0 Å². The lowest BCUT2D eigenvalue weighted by Gasteiger charge is -2.43. The van der Waals surface area contributed by atoms with Crippen molar-refractivity contribution in [3.8, 4) is 0 Å². The zero-order valence-electron chi connectivity index (χ0n) is 8.85. The van der Waals surface area contributed by atoms with Crippen molar-refractivity contribution in [2.45, 2.75) is 37.0 Å². The summed E-state index contributed by atoms with van der Waals surface area (Å²) in [6, 6.07) is 0.702. The summed E-state index contributed by atoms with van der Waals surface area (Å²) in [4.78, 5) is 0. The predicted octanol–water partition coefficient (Wildman–Crippen LogP) is -0.779. The van der Waals surface area contributed by atoms with E-state index in [4.69, 9.17) is 5.73 Å². The lowest BCUT2D eigenvalue weighted by molar-refractivity contribution is 0.164. The minimum absolute atomic E-state index is 0.0484. The van der Waals surface area contributed by atoms with Crippen molar-refractivity contribution in [2.75, 3.05) is 21.1 Å². The van der Waals surface area contributed by atoms with Crippen LogP contribution in [0.3, 0.4) is 0 Å². The molecule has 0 saturated heterocycles. The molecule has 1 aliphatic rings. The van der Waals surface area contributed by atoms with Gasteiger partial charge < -0.3 is 21.7 Å². The van der Waals surface area contributed by atoms with Gasteiger partial charge in [0.15, 0.2) is 0 Å². The molecule has 0 amide bonds. The van der Waals surface area contributed by atoms with E-state index in [1.807, 2.05) is 21.1 Å². The Bertz CT molecular complexity index is 156. The first-order valence-corrected chi connectivity index (χ1v) is 4.98. The average Bonchev–Trinajstić information content (AvgIpc) is 2.17. The number of nitrogens with two attached hydrogens (primary N) is 1. The molecule has 4 nitrogen and oxygen atoms in total. The quantitative estimate of drug-likeness (QED) is 0.437. The average molecular weight is 186 g/mol. The Labute approximate surface area is 80.6 Å². The van der Waals surface area contributed by atoms with E-state index >= 15 is 0 Å². The zero-order chi connectivity index (χ0) is 9.90. The molecule has 0 aromatic rings. The van der Waals surface area contributed by atoms with Crippen LogP contribution in [0.5, 0.6) is 0 Å². The Kier molecular flexibility index (Phi) is 3.67. The molecule has 1 rings (SSSR count). The van der Waals surface area contributed by atoms with Crippen molar-refractivity contribution in [1.29, 1.82) is 0 Å². The topological polar surface area (TPSA) is 62.1 Å². The SMILES string of the molecule is CNC1CCC(NC)(NC)CC1N. The standard InChI is InChI=1S/C9H22N4/c1-11-8-4-5-9(12-2,13-3)6-7(8)10/h7-8,11-13H,4-6,10H2,1-3H3. The molecule has 0 aromatic heterocycles. The van der Waals surface area contributed by atoms with Crippen molar-refractivity contribution < 1.29 is 0 Å². The van der Waals surface area contributed by atoms with Crippen molar-refractivity contribution in [3.05, 3.63) is 0 Å². The molecule has 1 aliphatic carbocycles. The summed E-state index contributed by atoms with van der Waals surface area (Å²) in [6.07, 6.45) is 3.23. The fourth-order valence-electron chi connectivity index (χ4n) is 2.20. The Morgan fingerprint density at radius 3 is 2.23 bits per heavy atom. The van der Waals surface area contributed by atoms with E-state index in [0.717, 1.165) is 19.3 Å². The van der Waals surface area contributed by atoms with Crippen LogP contribution in [-0.4, -0.2) is 38.9 Å². The third-order valence-electron chi connectivity index (χ3n) is 3.31. The van der Waals surface area contributed by atoms with Gasteiger partial charge in [0.25, 0.3) is 0 Å². The Morgan fingerprint density at radius 1 is 1.23 bits per heavy atom. The van der Waals surface area contributed by atoms with Crippen LogP contribution in [0.15, 0.2) is 0 Å². The van der Waals surface area contributed by atoms with Gasteiger partial charge in [-0.25, -0.2) is 0 Å². The van der Waals surface area contributed by atoms with Gasteiger partial charge in [-0.1, -0.05) is 0 Å². The number of hydrogen-bond acceptors (Lipinski definition) is 4. The van der Waals surface area contributed by atoms with Gasteiger partial charge in [0.2, 0.25) is 0 Å². The van der Waals surface area contributed by atoms with Crippen LogP contribution < -0.4 is 21.7 Å². The third kappa shape index (κ3) is 2.20. The summed E-state index contributed by atoms with van der Waals surface area (Å²) < 4.78 is 0. The van der Waals surface area contributed by atoms with E-state index in [2.05, 4.69) is 16.0 Å². The molecule has 5 N–H and O–H groups in total. The lowest BCUT2D eigenvalue weighted by Crippen LogP contribution is -2.63. The van der Waals surface area contributed by atoms with E-state index in [1.165, 1.54) is 0 Å². The fraction of sp³-hybridized carbons (Fsp3) is 1.00. The highest BCUT2D eigenvalue weighted by molar-refractivity contribution is 4.97. The molecule has 1 fully saturated rings. The monoisotopic (exact) mass is 186 g/mol. The number of nitrogens with one attached hydrogen (secondary N) is 3. The van der Waals surface area contributed by atoms with Gasteiger partial charge in [-0.2, -0.15) is 0 Å². The molecule has 0 heterocycles. The van der Waals surface area contributed by atoms with Crippen molar-refractivity contribution >= 4 is 0 Å². The second kappa shape index (κ2) is 4.37. The van der Waals surface area contributed by atoms with Crippen molar-refractivity contribution in [1.82, 2.24) is 16.0 Å². The van der Waals surface area contributed by atoms with Gasteiger partial charge in [0.05, 0.1) is 5.66 Å². The second-order valence-corrected chi connectivity index (χ2v) is 3.88. The Hall–Kier alpha value is -0.160. The molecule has 0 radical (unpaired) electrons. The summed E-state index contributed by atoms with van der Waals surface area (Å²) in [5.41, 5.74) is 6.12. The minimum Gasteiger partial charge on any atom is -0.326 e. The molecule has 0 spiro atoms. The van der Waals surface area contributed by atoms with Crippen LogP contribution in [0, 0.1) is 0 Å². The van der Waals surface area contributed by atoms with Gasteiger partial charge in [-0.05, 0) is 40.4 Å². The van der Waals surface area contributed by atoms with Crippen molar-refractivity contribution in [2.24, 2.45) is 5.73 Å². The van der Waals surface area contributed by atoms with Gasteiger partial charge >= 0.3 is 0 Å². The third-order valence-corrected chi connectivity index (χ3v) is 3.31. The summed E-state index contributed by atoms with van der Waals surface area (Å²) >= 11 is 0. The van der Waals surface area contributed by atoms with Crippen LogP contribution in [0.1, 0.15) is 19.3 Å². The summed E-state index contributed by atoms with van der Waals surface area (Å²) in [7, 11) is 5.96. The van der Waals surface area contributed by atoms with Crippen LogP contribution in [0.2, 0.25) is 0 Å². The number of hydrogen-bond donors (Lipinski definition) is 4. The van der Waals surface area contributed by atoms with Crippen LogP contribution >= 0.6 is 0 Å². The predicted molar refractivity (Wildman–Crippen MR) is 55.5 cm³/mol. The normalized spacial score (nSPS) is 33.2. The van der Waals surface area contributed by atoms with Gasteiger partial charge in [0.1, 0.15) is 0 Å². The maximum atomic E-state index is 6.07. The first kappa shape index (κ1) is 10.9. The molecule has 13 heavy (non-hydrogen) atoms. The summed E-state index contributed by atoms with van der Waals surface area (Å²) in [6.45, 7) is 0. The van der Waals surface area contributed by atoms with E-state index in [0.29, 0.717) is 6.04 Å². The van der Waals surface area contributed by atoms with E-state index in [-0.39, 0.29) is 11.7 Å². The highest BCUT2D eigenvalue weighted by atomic mass is 15.2. The first-order chi connectivity index (χ1) is 6.17. The maximum absolute atomic E-state index is 6.07. The fourth-order valence-corrected chi connectivity index (χ4v) is 2.20. The number of rotatable bonds is 3. The Balaban J connectivity index is 2.57. The molecule has 0 aliphatic heterocycles. The summed E-state index contributed by atoms with van der Waals surface area (Å²) in [5, 5.41) is 9.91. The molecule has 4 heteroatoms. The van der Waals surface area contributed by atoms with Gasteiger partial charge in [-0.15, -0.1) is 0 Å². The lowest BCUT2D eigenvalue weighted by atomic mass is 9.82. The molecule has 1 saturated carbocycles. The van der Waals surface area contributed by atoms with Crippen LogP contribution in [-0.2, 0) is 0 Å². The Morgan fingerprint density at radius 2 is 1.85 bits per heavy atom.